The maximum atomic E-state index is 11.4. The second-order valence-electron chi connectivity index (χ2n) is 5.09. The van der Waals surface area contributed by atoms with Crippen molar-refractivity contribution in [2.45, 2.75) is 26.9 Å². The summed E-state index contributed by atoms with van der Waals surface area (Å²) in [5.74, 6) is 0.333. The smallest absolute Gasteiger partial charge is 0.306 e. The van der Waals surface area contributed by atoms with Crippen molar-refractivity contribution in [2.75, 3.05) is 12.9 Å². The lowest BCUT2D eigenvalue weighted by Gasteiger charge is -2.29. The van der Waals surface area contributed by atoms with Gasteiger partial charge < -0.3 is 13.7 Å². The van der Waals surface area contributed by atoms with Crippen LogP contribution >= 0.6 is 0 Å². The van der Waals surface area contributed by atoms with Crippen molar-refractivity contribution in [1.82, 2.24) is 0 Å². The molecule has 1 unspecified atom stereocenters. The molecule has 1 aliphatic carbocycles. The largest absolute Gasteiger partial charge is 0.472 e. The zero-order chi connectivity index (χ0) is 14.3. The van der Waals surface area contributed by atoms with E-state index in [1.165, 1.54) is 6.26 Å². The Labute approximate surface area is 113 Å². The predicted octanol–water partition coefficient (Wildman–Crippen LogP) is 2.09. The molecule has 0 N–H and O–H groups in total. The summed E-state index contributed by atoms with van der Waals surface area (Å²) in [5.41, 5.74) is 1.20. The lowest BCUT2D eigenvalue weighted by Crippen LogP contribution is -2.31. The second-order valence-corrected chi connectivity index (χ2v) is 6.67. The number of fused-ring (bicyclic) bond motifs is 1. The Morgan fingerprint density at radius 2 is 2.11 bits per heavy atom. The van der Waals surface area contributed by atoms with E-state index in [0.717, 1.165) is 17.4 Å². The Morgan fingerprint density at radius 3 is 2.68 bits per heavy atom. The lowest BCUT2D eigenvalue weighted by atomic mass is 9.82. The van der Waals surface area contributed by atoms with Crippen LogP contribution in [-0.4, -0.2) is 27.4 Å². The molecule has 2 rings (SSSR count). The summed E-state index contributed by atoms with van der Waals surface area (Å²) in [4.78, 5) is 0. The number of allylic oxidation sites excluding steroid dienone is 2. The summed E-state index contributed by atoms with van der Waals surface area (Å²) in [5, 5.41) is 0. The van der Waals surface area contributed by atoms with Crippen molar-refractivity contribution in [2.24, 2.45) is 5.41 Å². The van der Waals surface area contributed by atoms with E-state index < -0.39 is 21.6 Å². The number of hydrogen-bond acceptors (Lipinski definition) is 5. The quantitative estimate of drug-likeness (QED) is 0.741. The molecule has 5 nitrogen and oxygen atoms in total. The molecule has 2 aliphatic rings. The molecule has 1 aliphatic heterocycles. The summed E-state index contributed by atoms with van der Waals surface area (Å²) < 4.78 is 38.9. The summed E-state index contributed by atoms with van der Waals surface area (Å²) in [6.07, 6.45) is 5.40. The molecule has 6 heteroatoms. The highest BCUT2D eigenvalue weighted by atomic mass is 32.2. The highest BCUT2D eigenvalue weighted by Gasteiger charge is 2.48. The fourth-order valence-corrected chi connectivity index (χ4v) is 2.90. The second kappa shape index (κ2) is 4.68. The number of ether oxygens (including phenoxy) is 2. The third kappa shape index (κ3) is 2.55. The van der Waals surface area contributed by atoms with Crippen LogP contribution in [0.1, 0.15) is 20.8 Å². The molecule has 106 valence electrons. The van der Waals surface area contributed by atoms with Crippen LogP contribution in [0.3, 0.4) is 0 Å². The van der Waals surface area contributed by atoms with Gasteiger partial charge in [-0.25, -0.2) is 0 Å². The monoisotopic (exact) mass is 286 g/mol. The SMILES string of the molecule is CCOC1C(OS(C)(=O)=O)=C2C=COC=C2C1(C)C. The third-order valence-corrected chi connectivity index (χ3v) is 3.70. The van der Waals surface area contributed by atoms with Crippen LogP contribution < -0.4 is 0 Å². The molecule has 0 amide bonds. The van der Waals surface area contributed by atoms with Crippen molar-refractivity contribution < 1.29 is 22.1 Å². The molecular weight excluding hydrogens is 268 g/mol. The van der Waals surface area contributed by atoms with Gasteiger partial charge in [-0.05, 0) is 13.0 Å². The first-order valence-electron chi connectivity index (χ1n) is 6.05. The molecule has 0 bridgehead atoms. The van der Waals surface area contributed by atoms with Gasteiger partial charge in [0.15, 0.2) is 5.76 Å². The maximum Gasteiger partial charge on any atom is 0.306 e. The number of hydrogen-bond donors (Lipinski definition) is 0. The molecule has 0 aromatic heterocycles. The Morgan fingerprint density at radius 1 is 1.42 bits per heavy atom. The minimum absolute atomic E-state index is 0.333. The molecule has 0 aromatic rings. The van der Waals surface area contributed by atoms with Gasteiger partial charge in [-0.2, -0.15) is 8.42 Å². The van der Waals surface area contributed by atoms with Crippen LogP contribution in [-0.2, 0) is 23.8 Å². The minimum Gasteiger partial charge on any atom is -0.472 e. The first-order valence-corrected chi connectivity index (χ1v) is 7.87. The lowest BCUT2D eigenvalue weighted by molar-refractivity contribution is 0.0105. The Kier molecular flexibility index (Phi) is 3.49. The van der Waals surface area contributed by atoms with E-state index in [0.29, 0.717) is 12.4 Å². The molecule has 1 heterocycles. The van der Waals surface area contributed by atoms with Gasteiger partial charge in [-0.15, -0.1) is 0 Å². The van der Waals surface area contributed by atoms with Gasteiger partial charge in [0, 0.05) is 23.2 Å². The molecule has 0 radical (unpaired) electrons. The average molecular weight is 286 g/mol. The van der Waals surface area contributed by atoms with Crippen molar-refractivity contribution in [3.05, 3.63) is 35.5 Å². The van der Waals surface area contributed by atoms with E-state index >= 15 is 0 Å². The number of rotatable bonds is 4. The van der Waals surface area contributed by atoms with Gasteiger partial charge in [-0.1, -0.05) is 13.8 Å². The molecule has 1 atom stereocenters. The molecule has 0 spiro atoms. The van der Waals surface area contributed by atoms with Crippen LogP contribution in [0.25, 0.3) is 0 Å². The Hall–Kier alpha value is -1.27. The van der Waals surface area contributed by atoms with Crippen LogP contribution in [0.5, 0.6) is 0 Å². The molecule has 0 fully saturated rings. The van der Waals surface area contributed by atoms with Crippen molar-refractivity contribution in [3.63, 3.8) is 0 Å². The molecule has 0 saturated carbocycles. The first kappa shape index (κ1) is 14.1. The topological polar surface area (TPSA) is 61.8 Å². The van der Waals surface area contributed by atoms with Gasteiger partial charge in [0.05, 0.1) is 18.8 Å². The summed E-state index contributed by atoms with van der Waals surface area (Å²) >= 11 is 0. The third-order valence-electron chi connectivity index (χ3n) is 3.22. The fourth-order valence-electron chi connectivity index (χ4n) is 2.39. The molecule has 0 saturated heterocycles. The highest BCUT2D eigenvalue weighted by molar-refractivity contribution is 7.86. The molecule has 0 aromatic carbocycles. The standard InChI is InChI=1S/C13H18O5S/c1-5-17-12-11(18-19(4,14)15)9-6-7-16-8-10(9)13(12,2)3/h6-8,12H,5H2,1-4H3. The van der Waals surface area contributed by atoms with Gasteiger partial charge in [-0.3, -0.25) is 0 Å². The summed E-state index contributed by atoms with van der Waals surface area (Å²) in [6, 6.07) is 0. The normalized spacial score (nSPS) is 24.8. The van der Waals surface area contributed by atoms with Crippen molar-refractivity contribution in [1.29, 1.82) is 0 Å². The molecule has 19 heavy (non-hydrogen) atoms. The highest BCUT2D eigenvalue weighted by Crippen LogP contribution is 2.49. The Balaban J connectivity index is 2.52. The van der Waals surface area contributed by atoms with E-state index in [2.05, 4.69) is 0 Å². The zero-order valence-corrected chi connectivity index (χ0v) is 12.3. The van der Waals surface area contributed by atoms with E-state index in [1.54, 1.807) is 12.3 Å². The van der Waals surface area contributed by atoms with Crippen LogP contribution in [0, 0.1) is 5.41 Å². The van der Waals surface area contributed by atoms with E-state index in [9.17, 15) is 8.42 Å². The molecular formula is C13H18O5S. The van der Waals surface area contributed by atoms with E-state index in [-0.39, 0.29) is 0 Å². The summed E-state index contributed by atoms with van der Waals surface area (Å²) in [7, 11) is -3.60. The van der Waals surface area contributed by atoms with Crippen LogP contribution in [0.15, 0.2) is 35.5 Å². The zero-order valence-electron chi connectivity index (χ0n) is 11.5. The first-order chi connectivity index (χ1) is 8.77. The summed E-state index contributed by atoms with van der Waals surface area (Å²) in [6.45, 7) is 6.28. The maximum absolute atomic E-state index is 11.4. The van der Waals surface area contributed by atoms with Gasteiger partial charge in [0.25, 0.3) is 0 Å². The minimum atomic E-state index is -3.60. The van der Waals surface area contributed by atoms with Gasteiger partial charge >= 0.3 is 10.1 Å². The van der Waals surface area contributed by atoms with Crippen LogP contribution in [0.4, 0.5) is 0 Å². The van der Waals surface area contributed by atoms with Crippen molar-refractivity contribution in [3.8, 4) is 0 Å². The van der Waals surface area contributed by atoms with Crippen LogP contribution in [0.2, 0.25) is 0 Å². The van der Waals surface area contributed by atoms with Crippen molar-refractivity contribution >= 4 is 10.1 Å². The Bertz CT molecular complexity index is 566. The fraction of sp³-hybridized carbons (Fsp3) is 0.538. The van der Waals surface area contributed by atoms with E-state index in [4.69, 9.17) is 13.7 Å². The average Bonchev–Trinajstić information content (AvgIpc) is 2.50. The van der Waals surface area contributed by atoms with Gasteiger partial charge in [0.1, 0.15) is 6.10 Å². The van der Waals surface area contributed by atoms with Gasteiger partial charge in [0.2, 0.25) is 0 Å². The van der Waals surface area contributed by atoms with E-state index in [1.807, 2.05) is 20.8 Å². The predicted molar refractivity (Wildman–Crippen MR) is 70.5 cm³/mol.